The number of para-hydroxylation sites is 1. The lowest BCUT2D eigenvalue weighted by Crippen LogP contribution is -2.20. The quantitative estimate of drug-likeness (QED) is 0.822. The van der Waals surface area contributed by atoms with Gasteiger partial charge in [-0.15, -0.1) is 0 Å². The van der Waals surface area contributed by atoms with E-state index in [9.17, 15) is 0 Å². The summed E-state index contributed by atoms with van der Waals surface area (Å²) in [4.78, 5) is 4.72. The number of hydrogen-bond acceptors (Lipinski definition) is 2. The molecule has 2 nitrogen and oxygen atoms in total. The second-order valence-electron chi connectivity index (χ2n) is 6.02. The largest absolute Gasteiger partial charge is 0.381 e. The molecular formula is C18H24N2. The van der Waals surface area contributed by atoms with Crippen LogP contribution in [0, 0.1) is 6.92 Å². The zero-order valence-corrected chi connectivity index (χ0v) is 12.4. The maximum atomic E-state index is 4.72. The molecule has 0 atom stereocenters. The second-order valence-corrected chi connectivity index (χ2v) is 6.02. The van der Waals surface area contributed by atoms with Crippen LogP contribution >= 0.6 is 0 Å². The van der Waals surface area contributed by atoms with Gasteiger partial charge in [-0.05, 0) is 31.9 Å². The Labute approximate surface area is 121 Å². The Morgan fingerprint density at radius 3 is 2.50 bits per heavy atom. The second kappa shape index (κ2) is 6.25. The summed E-state index contributed by atoms with van der Waals surface area (Å²) in [5, 5.41) is 4.98. The van der Waals surface area contributed by atoms with Crippen molar-refractivity contribution in [2.45, 2.75) is 57.9 Å². The van der Waals surface area contributed by atoms with Gasteiger partial charge >= 0.3 is 0 Å². The van der Waals surface area contributed by atoms with Gasteiger partial charge in [-0.1, -0.05) is 50.3 Å². The van der Waals surface area contributed by atoms with Crippen LogP contribution in [0.2, 0.25) is 0 Å². The van der Waals surface area contributed by atoms with Gasteiger partial charge in [-0.25, -0.2) is 0 Å². The number of rotatable bonds is 2. The van der Waals surface area contributed by atoms with E-state index in [1.807, 2.05) is 0 Å². The zero-order valence-electron chi connectivity index (χ0n) is 12.4. The number of aromatic nitrogens is 1. The summed E-state index contributed by atoms with van der Waals surface area (Å²) in [6.45, 7) is 2.06. The molecule has 0 bridgehead atoms. The molecule has 1 aromatic carbocycles. The van der Waals surface area contributed by atoms with E-state index in [-0.39, 0.29) is 0 Å². The Hall–Kier alpha value is -1.57. The van der Waals surface area contributed by atoms with Gasteiger partial charge in [0.2, 0.25) is 0 Å². The maximum absolute atomic E-state index is 4.72. The number of nitrogens with one attached hydrogen (secondary N) is 1. The molecule has 0 amide bonds. The van der Waals surface area contributed by atoms with Gasteiger partial charge in [0.05, 0.1) is 11.2 Å². The summed E-state index contributed by atoms with van der Waals surface area (Å²) < 4.78 is 0. The molecule has 0 radical (unpaired) electrons. The van der Waals surface area contributed by atoms with Crippen molar-refractivity contribution >= 4 is 16.6 Å². The summed E-state index contributed by atoms with van der Waals surface area (Å²) in [5.41, 5.74) is 3.41. The number of benzene rings is 1. The third kappa shape index (κ3) is 3.12. The monoisotopic (exact) mass is 268 g/mol. The lowest BCUT2D eigenvalue weighted by molar-refractivity contribution is 0.471. The smallest absolute Gasteiger partial charge is 0.0936 e. The highest BCUT2D eigenvalue weighted by Gasteiger charge is 2.12. The van der Waals surface area contributed by atoms with Crippen molar-refractivity contribution in [1.29, 1.82) is 0 Å². The lowest BCUT2D eigenvalue weighted by Gasteiger charge is -2.22. The van der Waals surface area contributed by atoms with Crippen LogP contribution in [-0.2, 0) is 0 Å². The minimum absolute atomic E-state index is 0.614. The van der Waals surface area contributed by atoms with Crippen molar-refractivity contribution in [3.63, 3.8) is 0 Å². The van der Waals surface area contributed by atoms with E-state index in [2.05, 4.69) is 42.6 Å². The average Bonchev–Trinajstić information content (AvgIpc) is 2.42. The molecule has 1 heterocycles. The molecule has 1 aliphatic carbocycles. The predicted molar refractivity (Wildman–Crippen MR) is 86.2 cm³/mol. The molecular weight excluding hydrogens is 244 g/mol. The van der Waals surface area contributed by atoms with Crippen molar-refractivity contribution < 1.29 is 0 Å². The number of pyridine rings is 1. The van der Waals surface area contributed by atoms with Gasteiger partial charge in [-0.2, -0.15) is 0 Å². The van der Waals surface area contributed by atoms with Crippen LogP contribution in [0.15, 0.2) is 30.3 Å². The summed E-state index contributed by atoms with van der Waals surface area (Å²) in [6, 6.07) is 11.3. The molecule has 0 saturated heterocycles. The summed E-state index contributed by atoms with van der Waals surface area (Å²) >= 11 is 0. The molecule has 1 N–H and O–H groups in total. The number of fused-ring (bicyclic) bond motifs is 1. The molecule has 0 aliphatic heterocycles. The average molecular weight is 268 g/mol. The molecule has 1 saturated carbocycles. The highest BCUT2D eigenvalue weighted by atomic mass is 14.9. The van der Waals surface area contributed by atoms with Gasteiger partial charge in [0.25, 0.3) is 0 Å². The Morgan fingerprint density at radius 1 is 0.950 bits per heavy atom. The minimum Gasteiger partial charge on any atom is -0.381 e. The molecule has 0 spiro atoms. The number of nitrogens with zero attached hydrogens (tertiary/aromatic N) is 1. The molecule has 3 rings (SSSR count). The van der Waals surface area contributed by atoms with E-state index in [0.717, 1.165) is 11.2 Å². The van der Waals surface area contributed by atoms with Crippen molar-refractivity contribution in [3.8, 4) is 0 Å². The van der Waals surface area contributed by atoms with Crippen LogP contribution in [0.25, 0.3) is 10.9 Å². The van der Waals surface area contributed by atoms with Crippen molar-refractivity contribution in [1.82, 2.24) is 4.98 Å². The number of anilines is 1. The minimum atomic E-state index is 0.614. The summed E-state index contributed by atoms with van der Waals surface area (Å²) in [7, 11) is 0. The van der Waals surface area contributed by atoms with Crippen LogP contribution in [0.3, 0.4) is 0 Å². The molecule has 20 heavy (non-hydrogen) atoms. The maximum Gasteiger partial charge on any atom is 0.0936 e. The molecule has 0 unspecified atom stereocenters. The fraction of sp³-hybridized carbons (Fsp3) is 0.500. The van der Waals surface area contributed by atoms with Crippen LogP contribution in [0.1, 0.15) is 50.6 Å². The molecule has 2 aromatic rings. The van der Waals surface area contributed by atoms with Crippen molar-refractivity contribution in [2.75, 3.05) is 5.32 Å². The Bertz CT molecular complexity index is 569. The van der Waals surface area contributed by atoms with E-state index >= 15 is 0 Å². The summed E-state index contributed by atoms with van der Waals surface area (Å²) in [6.07, 6.45) is 9.51. The van der Waals surface area contributed by atoms with Gasteiger partial charge in [0.1, 0.15) is 0 Å². The first-order valence-electron chi connectivity index (χ1n) is 7.96. The van der Waals surface area contributed by atoms with Crippen LogP contribution in [0.5, 0.6) is 0 Å². The van der Waals surface area contributed by atoms with Crippen molar-refractivity contribution in [3.05, 3.63) is 36.0 Å². The predicted octanol–water partition coefficient (Wildman–Crippen LogP) is 5.07. The first kappa shape index (κ1) is 13.4. The molecule has 2 heteroatoms. The fourth-order valence-electron chi connectivity index (χ4n) is 3.18. The van der Waals surface area contributed by atoms with E-state index in [4.69, 9.17) is 4.98 Å². The van der Waals surface area contributed by atoms with E-state index in [1.54, 1.807) is 0 Å². The normalized spacial score (nSPS) is 17.6. The highest BCUT2D eigenvalue weighted by molar-refractivity contribution is 5.90. The van der Waals surface area contributed by atoms with Crippen LogP contribution < -0.4 is 5.32 Å². The standard InChI is InChI=1S/C18H24N2/c1-14-12-13-15-8-7-11-17(18(15)19-14)20-16-9-5-3-2-4-6-10-16/h7-8,11-13,16,20H,2-6,9-10H2,1H3. The number of aryl methyl sites for hydroxylation is 1. The van der Waals surface area contributed by atoms with Crippen LogP contribution in [-0.4, -0.2) is 11.0 Å². The van der Waals surface area contributed by atoms with E-state index in [0.29, 0.717) is 6.04 Å². The fourth-order valence-corrected chi connectivity index (χ4v) is 3.18. The molecule has 1 aromatic heterocycles. The van der Waals surface area contributed by atoms with Crippen LogP contribution in [0.4, 0.5) is 5.69 Å². The first-order valence-corrected chi connectivity index (χ1v) is 7.96. The SMILES string of the molecule is Cc1ccc2cccc(NC3CCCCCCC3)c2n1. The Balaban J connectivity index is 1.83. The zero-order chi connectivity index (χ0) is 13.8. The lowest BCUT2D eigenvalue weighted by atomic mass is 9.96. The van der Waals surface area contributed by atoms with Gasteiger partial charge in [0, 0.05) is 17.1 Å². The van der Waals surface area contributed by atoms with E-state index in [1.165, 1.54) is 56.0 Å². The van der Waals surface area contributed by atoms with Gasteiger partial charge in [-0.3, -0.25) is 4.98 Å². The number of hydrogen-bond donors (Lipinski definition) is 1. The van der Waals surface area contributed by atoms with E-state index < -0.39 is 0 Å². The first-order chi connectivity index (χ1) is 9.83. The third-order valence-corrected chi connectivity index (χ3v) is 4.32. The molecule has 106 valence electrons. The summed E-state index contributed by atoms with van der Waals surface area (Å²) in [5.74, 6) is 0. The third-order valence-electron chi connectivity index (χ3n) is 4.32. The highest BCUT2D eigenvalue weighted by Crippen LogP contribution is 2.25. The Kier molecular flexibility index (Phi) is 4.19. The molecule has 1 aliphatic rings. The molecule has 1 fully saturated rings. The van der Waals surface area contributed by atoms with Crippen molar-refractivity contribution in [2.24, 2.45) is 0 Å². The Morgan fingerprint density at radius 2 is 1.70 bits per heavy atom. The van der Waals surface area contributed by atoms with Gasteiger partial charge in [0.15, 0.2) is 0 Å². The van der Waals surface area contributed by atoms with Gasteiger partial charge < -0.3 is 5.32 Å². The topological polar surface area (TPSA) is 24.9 Å².